The van der Waals surface area contributed by atoms with E-state index in [1.54, 1.807) is 0 Å². The molecule has 2 nitrogen and oxygen atoms in total. The number of hydrogen-bond donors (Lipinski definition) is 1. The van der Waals surface area contributed by atoms with E-state index >= 15 is 0 Å². The maximum absolute atomic E-state index is 5.95. The van der Waals surface area contributed by atoms with Crippen LogP contribution in [0.5, 0.6) is 0 Å². The van der Waals surface area contributed by atoms with Gasteiger partial charge in [-0.25, -0.2) is 0 Å². The molecule has 1 saturated carbocycles. The van der Waals surface area contributed by atoms with Gasteiger partial charge in [-0.15, -0.1) is 0 Å². The molecule has 1 aliphatic heterocycles. The van der Waals surface area contributed by atoms with Gasteiger partial charge in [-0.2, -0.15) is 0 Å². The van der Waals surface area contributed by atoms with E-state index < -0.39 is 0 Å². The largest absolute Gasteiger partial charge is 0.328 e. The predicted molar refractivity (Wildman–Crippen MR) is 60.2 cm³/mol. The summed E-state index contributed by atoms with van der Waals surface area (Å²) in [5.74, 6) is 0.900. The van der Waals surface area contributed by atoms with Gasteiger partial charge in [0.1, 0.15) is 0 Å². The molecule has 1 saturated heterocycles. The molecule has 1 heterocycles. The Morgan fingerprint density at radius 3 is 2.79 bits per heavy atom. The Bertz CT molecular complexity index is 181. The van der Waals surface area contributed by atoms with E-state index in [1.807, 2.05) is 0 Å². The minimum absolute atomic E-state index is 0.502. The zero-order valence-electron chi connectivity index (χ0n) is 9.41. The van der Waals surface area contributed by atoms with Crippen molar-refractivity contribution >= 4 is 0 Å². The van der Waals surface area contributed by atoms with Crippen molar-refractivity contribution in [2.45, 2.75) is 57.5 Å². The summed E-state index contributed by atoms with van der Waals surface area (Å²) in [4.78, 5) is 2.71. The molecule has 0 aromatic rings. The Hall–Kier alpha value is -0.0800. The number of rotatable bonds is 3. The van der Waals surface area contributed by atoms with Gasteiger partial charge in [0.2, 0.25) is 0 Å². The summed E-state index contributed by atoms with van der Waals surface area (Å²) in [6, 6.07) is 1.38. The van der Waals surface area contributed by atoms with Crippen LogP contribution < -0.4 is 5.73 Å². The van der Waals surface area contributed by atoms with Crippen LogP contribution >= 0.6 is 0 Å². The topological polar surface area (TPSA) is 29.3 Å². The Kier molecular flexibility index (Phi) is 3.45. The number of nitrogens with two attached hydrogens (primary N) is 1. The lowest BCUT2D eigenvalue weighted by Crippen LogP contribution is -2.33. The Balaban J connectivity index is 1.79. The molecular weight excluding hydrogens is 172 g/mol. The molecule has 3 unspecified atom stereocenters. The lowest BCUT2D eigenvalue weighted by Gasteiger charge is -2.26. The van der Waals surface area contributed by atoms with Crippen molar-refractivity contribution in [2.24, 2.45) is 11.7 Å². The minimum atomic E-state index is 0.502. The second kappa shape index (κ2) is 4.63. The second-order valence-corrected chi connectivity index (χ2v) is 5.14. The van der Waals surface area contributed by atoms with E-state index in [9.17, 15) is 0 Å². The summed E-state index contributed by atoms with van der Waals surface area (Å²) in [6.45, 7) is 4.99. The van der Waals surface area contributed by atoms with Gasteiger partial charge in [0.05, 0.1) is 0 Å². The quantitative estimate of drug-likeness (QED) is 0.748. The van der Waals surface area contributed by atoms with Crippen molar-refractivity contribution in [1.82, 2.24) is 4.90 Å². The first-order chi connectivity index (χ1) is 6.79. The third-order valence-corrected chi connectivity index (χ3v) is 4.04. The van der Waals surface area contributed by atoms with Gasteiger partial charge < -0.3 is 10.6 Å². The SMILES string of the molecule is CCC1CCCN1CC1CCC(N)C1. The second-order valence-electron chi connectivity index (χ2n) is 5.14. The van der Waals surface area contributed by atoms with Gasteiger partial charge in [-0.3, -0.25) is 0 Å². The fourth-order valence-electron chi connectivity index (χ4n) is 3.21. The molecule has 2 rings (SSSR count). The first kappa shape index (κ1) is 10.4. The maximum atomic E-state index is 5.95. The first-order valence-corrected chi connectivity index (χ1v) is 6.29. The van der Waals surface area contributed by atoms with Crippen LogP contribution in [0, 0.1) is 5.92 Å². The molecule has 0 radical (unpaired) electrons. The van der Waals surface area contributed by atoms with Crippen LogP contribution in [0.15, 0.2) is 0 Å². The van der Waals surface area contributed by atoms with Crippen molar-refractivity contribution < 1.29 is 0 Å². The van der Waals surface area contributed by atoms with Crippen molar-refractivity contribution in [2.75, 3.05) is 13.1 Å². The lowest BCUT2D eigenvalue weighted by atomic mass is 10.1. The van der Waals surface area contributed by atoms with Crippen LogP contribution in [-0.4, -0.2) is 30.1 Å². The smallest absolute Gasteiger partial charge is 0.00932 e. The van der Waals surface area contributed by atoms with Crippen LogP contribution in [-0.2, 0) is 0 Å². The fourth-order valence-corrected chi connectivity index (χ4v) is 3.21. The van der Waals surface area contributed by atoms with E-state index in [2.05, 4.69) is 11.8 Å². The fraction of sp³-hybridized carbons (Fsp3) is 1.00. The average Bonchev–Trinajstić information content (AvgIpc) is 2.76. The molecule has 2 fully saturated rings. The third-order valence-electron chi connectivity index (χ3n) is 4.04. The van der Waals surface area contributed by atoms with E-state index in [0.717, 1.165) is 12.0 Å². The zero-order valence-corrected chi connectivity index (χ0v) is 9.41. The molecule has 1 aliphatic carbocycles. The summed E-state index contributed by atoms with van der Waals surface area (Å²) < 4.78 is 0. The van der Waals surface area contributed by atoms with Crippen LogP contribution in [0.1, 0.15) is 45.4 Å². The van der Waals surface area contributed by atoms with Crippen molar-refractivity contribution in [3.8, 4) is 0 Å². The van der Waals surface area contributed by atoms with E-state index in [4.69, 9.17) is 5.73 Å². The molecule has 0 spiro atoms. The highest BCUT2D eigenvalue weighted by molar-refractivity contribution is 4.84. The van der Waals surface area contributed by atoms with Crippen LogP contribution in [0.3, 0.4) is 0 Å². The van der Waals surface area contributed by atoms with E-state index in [-0.39, 0.29) is 0 Å². The van der Waals surface area contributed by atoms with Gasteiger partial charge in [0.15, 0.2) is 0 Å². The first-order valence-electron chi connectivity index (χ1n) is 6.29. The molecule has 2 N–H and O–H groups in total. The number of likely N-dealkylation sites (tertiary alicyclic amines) is 1. The highest BCUT2D eigenvalue weighted by Gasteiger charge is 2.28. The molecule has 0 aromatic heterocycles. The lowest BCUT2D eigenvalue weighted by molar-refractivity contribution is 0.210. The summed E-state index contributed by atoms with van der Waals surface area (Å²) in [5, 5.41) is 0. The van der Waals surface area contributed by atoms with E-state index in [0.29, 0.717) is 6.04 Å². The maximum Gasteiger partial charge on any atom is 0.00932 e. The molecule has 0 aromatic carbocycles. The Morgan fingerprint density at radius 2 is 2.14 bits per heavy atom. The van der Waals surface area contributed by atoms with Crippen LogP contribution in [0.2, 0.25) is 0 Å². The highest BCUT2D eigenvalue weighted by Crippen LogP contribution is 2.28. The van der Waals surface area contributed by atoms with Crippen molar-refractivity contribution in [3.05, 3.63) is 0 Å². The predicted octanol–water partition coefficient (Wildman–Crippen LogP) is 1.99. The van der Waals surface area contributed by atoms with Gasteiger partial charge in [0.25, 0.3) is 0 Å². The van der Waals surface area contributed by atoms with Crippen LogP contribution in [0.25, 0.3) is 0 Å². The van der Waals surface area contributed by atoms with E-state index in [1.165, 1.54) is 51.6 Å². The monoisotopic (exact) mass is 196 g/mol. The zero-order chi connectivity index (χ0) is 9.97. The van der Waals surface area contributed by atoms with Gasteiger partial charge in [-0.05, 0) is 51.0 Å². The summed E-state index contributed by atoms with van der Waals surface area (Å²) >= 11 is 0. The molecule has 0 amide bonds. The van der Waals surface area contributed by atoms with Gasteiger partial charge >= 0.3 is 0 Å². The third kappa shape index (κ3) is 2.29. The minimum Gasteiger partial charge on any atom is -0.328 e. The van der Waals surface area contributed by atoms with Gasteiger partial charge in [0, 0.05) is 18.6 Å². The molecule has 2 aliphatic rings. The summed E-state index contributed by atoms with van der Waals surface area (Å²) in [7, 11) is 0. The normalized spacial score (nSPS) is 39.4. The Morgan fingerprint density at radius 1 is 1.29 bits per heavy atom. The molecular formula is C12H24N2. The van der Waals surface area contributed by atoms with Crippen molar-refractivity contribution in [3.63, 3.8) is 0 Å². The average molecular weight is 196 g/mol. The number of hydrogen-bond acceptors (Lipinski definition) is 2. The summed E-state index contributed by atoms with van der Waals surface area (Å²) in [5.41, 5.74) is 5.95. The van der Waals surface area contributed by atoms with Gasteiger partial charge in [-0.1, -0.05) is 6.92 Å². The molecule has 2 heteroatoms. The standard InChI is InChI=1S/C12H24N2/c1-2-12-4-3-7-14(12)9-10-5-6-11(13)8-10/h10-12H,2-9,13H2,1H3. The molecule has 14 heavy (non-hydrogen) atoms. The number of nitrogens with zero attached hydrogens (tertiary/aromatic N) is 1. The van der Waals surface area contributed by atoms with Crippen molar-refractivity contribution in [1.29, 1.82) is 0 Å². The van der Waals surface area contributed by atoms with Crippen LogP contribution in [0.4, 0.5) is 0 Å². The highest BCUT2D eigenvalue weighted by atomic mass is 15.2. The summed E-state index contributed by atoms with van der Waals surface area (Å²) in [6.07, 6.45) is 8.07. The molecule has 0 bridgehead atoms. The molecule has 82 valence electrons. The molecule has 3 atom stereocenters. The Labute approximate surface area is 87.8 Å².